The number of carbonyl (C=O) groups excluding carboxylic acids is 2. The van der Waals surface area contributed by atoms with Crippen LogP contribution in [0.1, 0.15) is 44.9 Å². The molecular weight excluding hydrogens is 274 g/mol. The van der Waals surface area contributed by atoms with Gasteiger partial charge in [-0.15, -0.1) is 0 Å². The van der Waals surface area contributed by atoms with E-state index in [-0.39, 0.29) is 25.3 Å². The molecule has 3 amide bonds. The van der Waals surface area contributed by atoms with Crippen LogP contribution in [0, 0.1) is 0 Å². The number of amides is 3. The molecule has 1 aliphatic carbocycles. The molecule has 0 radical (unpaired) electrons. The number of nitrogens with zero attached hydrogens (tertiary/aromatic N) is 1. The van der Waals surface area contributed by atoms with E-state index in [9.17, 15) is 14.4 Å². The predicted octanol–water partition coefficient (Wildman–Crippen LogP) is 0.941. The molecule has 0 bridgehead atoms. The lowest BCUT2D eigenvalue weighted by molar-refractivity contribution is -0.139. The Kier molecular flexibility index (Phi) is 6.45. The minimum absolute atomic E-state index is 0.0585. The van der Waals surface area contributed by atoms with E-state index in [4.69, 9.17) is 5.11 Å². The van der Waals surface area contributed by atoms with Crippen molar-refractivity contribution >= 4 is 17.9 Å². The van der Waals surface area contributed by atoms with Crippen LogP contribution in [0.15, 0.2) is 0 Å². The molecule has 0 aromatic heterocycles. The highest BCUT2D eigenvalue weighted by Crippen LogP contribution is 2.31. The molecule has 0 unspecified atom stereocenters. The fraction of sp³-hybridized carbons (Fsp3) is 0.786. The van der Waals surface area contributed by atoms with Gasteiger partial charge in [0.05, 0.1) is 12.0 Å². The van der Waals surface area contributed by atoms with Crippen LogP contribution in [-0.4, -0.2) is 54.1 Å². The molecule has 0 saturated heterocycles. The van der Waals surface area contributed by atoms with Crippen LogP contribution in [0.25, 0.3) is 0 Å². The van der Waals surface area contributed by atoms with E-state index >= 15 is 0 Å². The van der Waals surface area contributed by atoms with Gasteiger partial charge >= 0.3 is 12.0 Å². The maximum atomic E-state index is 11.9. The van der Waals surface area contributed by atoms with E-state index in [1.807, 2.05) is 0 Å². The first-order valence-electron chi connectivity index (χ1n) is 7.33. The minimum Gasteiger partial charge on any atom is -0.481 e. The van der Waals surface area contributed by atoms with Gasteiger partial charge in [0.2, 0.25) is 5.91 Å². The van der Waals surface area contributed by atoms with Crippen molar-refractivity contribution in [3.63, 3.8) is 0 Å². The SMILES string of the molecule is CN(C)C(=O)CCNC(=O)NC1(CC(=O)O)CCCCC1. The molecule has 0 atom stereocenters. The fourth-order valence-electron chi connectivity index (χ4n) is 2.66. The number of hydrogen-bond acceptors (Lipinski definition) is 3. The molecule has 1 fully saturated rings. The fourth-order valence-corrected chi connectivity index (χ4v) is 2.66. The molecule has 120 valence electrons. The molecule has 7 nitrogen and oxygen atoms in total. The van der Waals surface area contributed by atoms with Gasteiger partial charge in [0.1, 0.15) is 0 Å². The van der Waals surface area contributed by atoms with E-state index in [2.05, 4.69) is 10.6 Å². The summed E-state index contributed by atoms with van der Waals surface area (Å²) in [5, 5.41) is 14.5. The van der Waals surface area contributed by atoms with Crippen molar-refractivity contribution < 1.29 is 19.5 Å². The first-order valence-corrected chi connectivity index (χ1v) is 7.33. The van der Waals surface area contributed by atoms with Crippen LogP contribution in [-0.2, 0) is 9.59 Å². The summed E-state index contributed by atoms with van der Waals surface area (Å²) in [6, 6.07) is -0.398. The van der Waals surface area contributed by atoms with Crippen LogP contribution in [0.5, 0.6) is 0 Å². The summed E-state index contributed by atoms with van der Waals surface area (Å²) in [5.74, 6) is -0.965. The van der Waals surface area contributed by atoms with E-state index in [0.29, 0.717) is 12.8 Å². The average molecular weight is 299 g/mol. The summed E-state index contributed by atoms with van der Waals surface area (Å²) in [6.07, 6.45) is 4.46. The van der Waals surface area contributed by atoms with Gasteiger partial charge in [-0.2, -0.15) is 0 Å². The van der Waals surface area contributed by atoms with Crippen LogP contribution < -0.4 is 10.6 Å². The Labute approximate surface area is 125 Å². The lowest BCUT2D eigenvalue weighted by Gasteiger charge is -2.36. The van der Waals surface area contributed by atoms with Crippen molar-refractivity contribution in [2.75, 3.05) is 20.6 Å². The second-order valence-corrected chi connectivity index (χ2v) is 5.83. The van der Waals surface area contributed by atoms with Gasteiger partial charge in [0.25, 0.3) is 0 Å². The monoisotopic (exact) mass is 299 g/mol. The smallest absolute Gasteiger partial charge is 0.315 e. The third-order valence-electron chi connectivity index (χ3n) is 3.80. The number of hydrogen-bond donors (Lipinski definition) is 3. The van der Waals surface area contributed by atoms with Crippen molar-refractivity contribution in [2.45, 2.75) is 50.5 Å². The number of aliphatic carboxylic acids is 1. The largest absolute Gasteiger partial charge is 0.481 e. The molecule has 0 aromatic rings. The summed E-state index contributed by atoms with van der Waals surface area (Å²) in [5.41, 5.74) is -0.653. The quantitative estimate of drug-likeness (QED) is 0.679. The molecule has 3 N–H and O–H groups in total. The Morgan fingerprint density at radius 2 is 1.76 bits per heavy atom. The second kappa shape index (κ2) is 7.85. The Bertz CT molecular complexity index is 390. The molecule has 0 heterocycles. The molecule has 21 heavy (non-hydrogen) atoms. The molecular formula is C14H25N3O4. The molecule has 1 saturated carbocycles. The number of carbonyl (C=O) groups is 3. The Hall–Kier alpha value is -1.79. The van der Waals surface area contributed by atoms with E-state index in [1.54, 1.807) is 14.1 Å². The lowest BCUT2D eigenvalue weighted by atomic mass is 9.79. The van der Waals surface area contributed by atoms with E-state index < -0.39 is 17.5 Å². The summed E-state index contributed by atoms with van der Waals surface area (Å²) in [4.78, 5) is 35.8. The second-order valence-electron chi connectivity index (χ2n) is 5.83. The van der Waals surface area contributed by atoms with Crippen LogP contribution >= 0.6 is 0 Å². The van der Waals surface area contributed by atoms with Crippen molar-refractivity contribution in [3.05, 3.63) is 0 Å². The zero-order valence-corrected chi connectivity index (χ0v) is 12.8. The van der Waals surface area contributed by atoms with Gasteiger partial charge < -0.3 is 20.6 Å². The molecule has 7 heteroatoms. The molecule has 1 rings (SSSR count). The van der Waals surface area contributed by atoms with Crippen LogP contribution in [0.2, 0.25) is 0 Å². The lowest BCUT2D eigenvalue weighted by Crippen LogP contribution is -2.54. The maximum Gasteiger partial charge on any atom is 0.315 e. The van der Waals surface area contributed by atoms with Crippen molar-refractivity contribution in [3.8, 4) is 0 Å². The summed E-state index contributed by atoms with van der Waals surface area (Å²) in [7, 11) is 3.32. The highest BCUT2D eigenvalue weighted by molar-refractivity contribution is 5.79. The topological polar surface area (TPSA) is 98.7 Å². The predicted molar refractivity (Wildman–Crippen MR) is 77.9 cm³/mol. The van der Waals surface area contributed by atoms with Gasteiger partial charge in [-0.05, 0) is 12.8 Å². The van der Waals surface area contributed by atoms with Gasteiger partial charge in [0.15, 0.2) is 0 Å². The molecule has 0 spiro atoms. The molecule has 1 aliphatic rings. The van der Waals surface area contributed by atoms with Crippen molar-refractivity contribution in [2.24, 2.45) is 0 Å². The number of nitrogens with one attached hydrogen (secondary N) is 2. The number of rotatable bonds is 6. The normalized spacial score (nSPS) is 16.9. The van der Waals surface area contributed by atoms with Gasteiger partial charge in [-0.25, -0.2) is 4.79 Å². The zero-order chi connectivity index (χ0) is 15.9. The number of carboxylic acids is 1. The molecule has 0 aliphatic heterocycles. The minimum atomic E-state index is -0.903. The summed E-state index contributed by atoms with van der Waals surface area (Å²) < 4.78 is 0. The van der Waals surface area contributed by atoms with Crippen LogP contribution in [0.3, 0.4) is 0 Å². The van der Waals surface area contributed by atoms with Gasteiger partial charge in [-0.1, -0.05) is 19.3 Å². The van der Waals surface area contributed by atoms with Crippen LogP contribution in [0.4, 0.5) is 4.79 Å². The van der Waals surface area contributed by atoms with E-state index in [0.717, 1.165) is 19.3 Å². The Morgan fingerprint density at radius 1 is 1.14 bits per heavy atom. The molecule has 0 aromatic carbocycles. The third kappa shape index (κ3) is 6.01. The maximum absolute atomic E-state index is 11.9. The summed E-state index contributed by atoms with van der Waals surface area (Å²) in [6.45, 7) is 0.242. The first-order chi connectivity index (χ1) is 9.84. The van der Waals surface area contributed by atoms with Gasteiger partial charge in [-0.3, -0.25) is 9.59 Å². The van der Waals surface area contributed by atoms with E-state index in [1.165, 1.54) is 4.90 Å². The van der Waals surface area contributed by atoms with Crippen molar-refractivity contribution in [1.29, 1.82) is 0 Å². The van der Waals surface area contributed by atoms with Crippen molar-refractivity contribution in [1.82, 2.24) is 15.5 Å². The highest BCUT2D eigenvalue weighted by Gasteiger charge is 2.35. The standard InChI is InChI=1S/C14H25N3O4/c1-17(2)11(18)6-9-15-13(21)16-14(10-12(19)20)7-4-3-5-8-14/h3-10H2,1-2H3,(H,19,20)(H2,15,16,21). The Morgan fingerprint density at radius 3 is 2.29 bits per heavy atom. The average Bonchev–Trinajstić information content (AvgIpc) is 2.38. The highest BCUT2D eigenvalue weighted by atomic mass is 16.4. The Balaban J connectivity index is 2.45. The van der Waals surface area contributed by atoms with Gasteiger partial charge in [0, 0.05) is 27.1 Å². The zero-order valence-electron chi connectivity index (χ0n) is 12.8. The first kappa shape index (κ1) is 17.3. The third-order valence-corrected chi connectivity index (χ3v) is 3.80. The number of carboxylic acid groups (broad SMARTS) is 1. The number of urea groups is 1. The summed E-state index contributed by atoms with van der Waals surface area (Å²) >= 11 is 0.